The Morgan fingerprint density at radius 1 is 1.44 bits per heavy atom. The summed E-state index contributed by atoms with van der Waals surface area (Å²) in [5, 5.41) is 7.29. The zero-order valence-electron chi connectivity index (χ0n) is 8.94. The number of halogens is 1. The highest BCUT2D eigenvalue weighted by Crippen LogP contribution is 2.14. The smallest absolute Gasteiger partial charge is 0.213 e. The molecule has 16 heavy (non-hydrogen) atoms. The number of carbonyl (C=O) groups excluding carboxylic acids is 1. The molecule has 1 aromatic heterocycles. The fourth-order valence-electron chi connectivity index (χ4n) is 1.47. The van der Waals surface area contributed by atoms with Gasteiger partial charge in [-0.2, -0.15) is 0 Å². The zero-order valence-corrected chi connectivity index (χ0v) is 8.94. The number of carbonyl (C=O) groups is 1. The van der Waals surface area contributed by atoms with Crippen molar-refractivity contribution in [1.82, 2.24) is 15.0 Å². The number of nitrogens with zero attached hydrogens (tertiary/aromatic N) is 3. The number of benzene rings is 1. The lowest BCUT2D eigenvalue weighted by Gasteiger charge is -2.04. The lowest BCUT2D eigenvalue weighted by molar-refractivity contribution is 0.102. The number of aryl methyl sites for hydroxylation is 2. The van der Waals surface area contributed by atoms with Crippen molar-refractivity contribution in [2.24, 2.45) is 7.05 Å². The van der Waals surface area contributed by atoms with Crippen LogP contribution >= 0.6 is 0 Å². The van der Waals surface area contributed by atoms with Crippen molar-refractivity contribution < 1.29 is 9.18 Å². The Bertz CT molecular complexity index is 548. The number of hydrogen-bond acceptors (Lipinski definition) is 3. The van der Waals surface area contributed by atoms with Crippen molar-refractivity contribution in [3.63, 3.8) is 0 Å². The second kappa shape index (κ2) is 3.84. The third kappa shape index (κ3) is 1.71. The van der Waals surface area contributed by atoms with Gasteiger partial charge in [-0.1, -0.05) is 11.3 Å². The molecule has 4 nitrogen and oxygen atoms in total. The van der Waals surface area contributed by atoms with Crippen molar-refractivity contribution in [3.05, 3.63) is 47.0 Å². The van der Waals surface area contributed by atoms with Crippen LogP contribution in [0.2, 0.25) is 0 Å². The molecule has 0 saturated heterocycles. The fourth-order valence-corrected chi connectivity index (χ4v) is 1.47. The van der Waals surface area contributed by atoms with E-state index >= 15 is 0 Å². The molecule has 2 aromatic rings. The summed E-state index contributed by atoms with van der Waals surface area (Å²) in [5.41, 5.74) is 1.41. The molecule has 1 heterocycles. The van der Waals surface area contributed by atoms with E-state index in [-0.39, 0.29) is 5.78 Å². The Morgan fingerprint density at radius 3 is 2.81 bits per heavy atom. The van der Waals surface area contributed by atoms with Gasteiger partial charge in [-0.15, -0.1) is 5.10 Å². The molecule has 0 aliphatic heterocycles. The minimum absolute atomic E-state index is 0.274. The minimum atomic E-state index is -0.427. The Labute approximate surface area is 91.7 Å². The first kappa shape index (κ1) is 10.5. The lowest BCUT2D eigenvalue weighted by Crippen LogP contribution is -2.10. The first-order chi connectivity index (χ1) is 7.59. The van der Waals surface area contributed by atoms with Crippen molar-refractivity contribution in [3.8, 4) is 0 Å². The van der Waals surface area contributed by atoms with Crippen molar-refractivity contribution >= 4 is 5.78 Å². The minimum Gasteiger partial charge on any atom is -0.287 e. The van der Waals surface area contributed by atoms with Gasteiger partial charge in [0.15, 0.2) is 0 Å². The number of hydrogen-bond donors (Lipinski definition) is 0. The molecule has 0 saturated carbocycles. The molecule has 0 N–H and O–H groups in total. The van der Waals surface area contributed by atoms with Crippen LogP contribution in [0.15, 0.2) is 24.4 Å². The van der Waals surface area contributed by atoms with Gasteiger partial charge in [0.2, 0.25) is 5.78 Å². The van der Waals surface area contributed by atoms with Gasteiger partial charge in [0, 0.05) is 12.6 Å². The third-order valence-corrected chi connectivity index (χ3v) is 2.39. The lowest BCUT2D eigenvalue weighted by atomic mass is 10.0. The van der Waals surface area contributed by atoms with E-state index in [0.29, 0.717) is 11.3 Å². The van der Waals surface area contributed by atoms with Crippen LogP contribution in [0.3, 0.4) is 0 Å². The molecule has 0 spiro atoms. The molecule has 0 fully saturated rings. The third-order valence-electron chi connectivity index (χ3n) is 2.39. The maximum Gasteiger partial charge on any atom is 0.213 e. The van der Waals surface area contributed by atoms with Crippen LogP contribution in [-0.4, -0.2) is 20.8 Å². The van der Waals surface area contributed by atoms with Crippen LogP contribution < -0.4 is 0 Å². The van der Waals surface area contributed by atoms with Gasteiger partial charge >= 0.3 is 0 Å². The molecule has 0 atom stereocenters. The van der Waals surface area contributed by atoms with Crippen LogP contribution in [0, 0.1) is 12.7 Å². The van der Waals surface area contributed by atoms with Gasteiger partial charge in [0.05, 0.1) is 6.20 Å². The SMILES string of the molecule is Cc1ccc(F)cc1C(=O)c1cnnn1C. The first-order valence-corrected chi connectivity index (χ1v) is 4.75. The molecule has 0 aliphatic rings. The topological polar surface area (TPSA) is 47.8 Å². The van der Waals surface area contributed by atoms with Crippen molar-refractivity contribution in [2.75, 3.05) is 0 Å². The standard InChI is InChI=1S/C11H10FN3O/c1-7-3-4-8(12)5-9(7)11(16)10-6-13-14-15(10)2/h3-6H,1-2H3. The van der Waals surface area contributed by atoms with Crippen LogP contribution in [-0.2, 0) is 7.05 Å². The molecule has 82 valence electrons. The van der Waals surface area contributed by atoms with E-state index in [9.17, 15) is 9.18 Å². The fraction of sp³-hybridized carbons (Fsp3) is 0.182. The average molecular weight is 219 g/mol. The van der Waals surface area contributed by atoms with Gasteiger partial charge in [0.25, 0.3) is 0 Å². The molecule has 0 unspecified atom stereocenters. The van der Waals surface area contributed by atoms with E-state index in [1.54, 1.807) is 20.0 Å². The van der Waals surface area contributed by atoms with E-state index in [1.807, 2.05) is 0 Å². The van der Waals surface area contributed by atoms with Crippen molar-refractivity contribution in [2.45, 2.75) is 6.92 Å². The molecule has 5 heteroatoms. The summed E-state index contributed by atoms with van der Waals surface area (Å²) in [6.07, 6.45) is 1.37. The van der Waals surface area contributed by atoms with Gasteiger partial charge in [-0.25, -0.2) is 9.07 Å². The van der Waals surface area contributed by atoms with Crippen LogP contribution in [0.25, 0.3) is 0 Å². The molecule has 2 rings (SSSR count). The summed E-state index contributed by atoms with van der Waals surface area (Å²) in [4.78, 5) is 12.0. The average Bonchev–Trinajstić information content (AvgIpc) is 2.67. The van der Waals surface area contributed by atoms with Gasteiger partial charge in [-0.05, 0) is 24.6 Å². The van der Waals surface area contributed by atoms with Crippen molar-refractivity contribution in [1.29, 1.82) is 0 Å². The molecular weight excluding hydrogens is 209 g/mol. The normalized spacial score (nSPS) is 10.4. The Morgan fingerprint density at radius 2 is 2.19 bits per heavy atom. The maximum absolute atomic E-state index is 13.1. The maximum atomic E-state index is 13.1. The Hall–Kier alpha value is -2.04. The second-order valence-corrected chi connectivity index (χ2v) is 3.53. The van der Waals surface area contributed by atoms with Gasteiger partial charge in [-0.3, -0.25) is 4.79 Å². The second-order valence-electron chi connectivity index (χ2n) is 3.53. The summed E-state index contributed by atoms with van der Waals surface area (Å²) >= 11 is 0. The highest BCUT2D eigenvalue weighted by molar-refractivity contribution is 6.08. The summed E-state index contributed by atoms with van der Waals surface area (Å²) in [6, 6.07) is 4.13. The van der Waals surface area contributed by atoms with Crippen LogP contribution in [0.4, 0.5) is 4.39 Å². The highest BCUT2D eigenvalue weighted by Gasteiger charge is 2.16. The molecule has 0 aliphatic carbocycles. The zero-order chi connectivity index (χ0) is 11.7. The van der Waals surface area contributed by atoms with E-state index < -0.39 is 5.82 Å². The molecule has 0 amide bonds. The predicted octanol–water partition coefficient (Wildman–Crippen LogP) is 1.49. The molecule has 0 radical (unpaired) electrons. The molecular formula is C11H10FN3O. The van der Waals surface area contributed by atoms with Gasteiger partial charge < -0.3 is 0 Å². The highest BCUT2D eigenvalue weighted by atomic mass is 19.1. The van der Waals surface area contributed by atoms with E-state index in [4.69, 9.17) is 0 Å². The first-order valence-electron chi connectivity index (χ1n) is 4.75. The summed E-state index contributed by atoms with van der Waals surface area (Å²) in [7, 11) is 1.62. The molecule has 1 aromatic carbocycles. The number of aromatic nitrogens is 3. The number of rotatable bonds is 2. The van der Waals surface area contributed by atoms with E-state index in [1.165, 1.54) is 23.0 Å². The largest absolute Gasteiger partial charge is 0.287 e. The van der Waals surface area contributed by atoms with Crippen LogP contribution in [0.1, 0.15) is 21.6 Å². The number of ketones is 1. The summed E-state index contributed by atoms with van der Waals surface area (Å²) in [5.74, 6) is -0.700. The van der Waals surface area contributed by atoms with Gasteiger partial charge in [0.1, 0.15) is 11.5 Å². The quantitative estimate of drug-likeness (QED) is 0.719. The molecule has 0 bridgehead atoms. The van der Waals surface area contributed by atoms with E-state index in [2.05, 4.69) is 10.3 Å². The monoisotopic (exact) mass is 219 g/mol. The summed E-state index contributed by atoms with van der Waals surface area (Å²) < 4.78 is 14.4. The Kier molecular flexibility index (Phi) is 2.52. The predicted molar refractivity (Wildman–Crippen MR) is 55.6 cm³/mol. The summed E-state index contributed by atoms with van der Waals surface area (Å²) in [6.45, 7) is 1.76. The van der Waals surface area contributed by atoms with E-state index in [0.717, 1.165) is 5.56 Å². The Balaban J connectivity index is 2.49. The van der Waals surface area contributed by atoms with Crippen LogP contribution in [0.5, 0.6) is 0 Å².